The Bertz CT molecular complexity index is 1780. The molecule has 6 rings (SSSR count). The summed E-state index contributed by atoms with van der Waals surface area (Å²) in [5.41, 5.74) is 3.32. The number of fused-ring (bicyclic) bond motifs is 2. The van der Waals surface area contributed by atoms with Crippen LogP contribution in [0.1, 0.15) is 28.8 Å². The van der Waals surface area contributed by atoms with Crippen LogP contribution in [0.25, 0.3) is 10.2 Å². The Morgan fingerprint density at radius 2 is 2.02 bits per heavy atom. The number of aromatic nitrogens is 2. The molecular formula is C28H24N6O4S2. The van der Waals surface area contributed by atoms with Gasteiger partial charge >= 0.3 is 0 Å². The minimum absolute atomic E-state index is 0.0243. The SMILES string of the molecule is N#Cc1ccccc1S(=O)(=O)N1CCc2cc(Nc3ncnc4cc(C#CC5CCCN5)sc34)ccc21.O=CO. The Kier molecular flexibility index (Phi) is 7.94. The number of thiophene rings is 1. The summed E-state index contributed by atoms with van der Waals surface area (Å²) in [7, 11) is -3.85. The highest BCUT2D eigenvalue weighted by molar-refractivity contribution is 7.93. The van der Waals surface area contributed by atoms with Gasteiger partial charge in [-0.3, -0.25) is 9.10 Å². The lowest BCUT2D eigenvalue weighted by Gasteiger charge is -2.20. The first-order valence-electron chi connectivity index (χ1n) is 12.4. The van der Waals surface area contributed by atoms with Gasteiger partial charge in [-0.2, -0.15) is 5.26 Å². The predicted octanol–water partition coefficient (Wildman–Crippen LogP) is 3.86. The Morgan fingerprint density at radius 1 is 1.20 bits per heavy atom. The van der Waals surface area contributed by atoms with Crippen molar-refractivity contribution in [2.24, 2.45) is 0 Å². The van der Waals surface area contributed by atoms with Gasteiger partial charge in [0, 0.05) is 12.2 Å². The molecule has 40 heavy (non-hydrogen) atoms. The van der Waals surface area contributed by atoms with Gasteiger partial charge in [0.05, 0.1) is 32.4 Å². The first kappa shape index (κ1) is 27.1. The number of nitriles is 1. The number of carboxylic acid groups (broad SMARTS) is 1. The molecule has 0 radical (unpaired) electrons. The Labute approximate surface area is 235 Å². The molecule has 12 heteroatoms. The fourth-order valence-corrected chi connectivity index (χ4v) is 7.27. The monoisotopic (exact) mass is 572 g/mol. The van der Waals surface area contributed by atoms with Crippen LogP contribution in [-0.2, 0) is 21.2 Å². The van der Waals surface area contributed by atoms with Crippen LogP contribution >= 0.6 is 11.3 Å². The van der Waals surface area contributed by atoms with Gasteiger partial charge in [-0.05, 0) is 67.8 Å². The highest BCUT2D eigenvalue weighted by Crippen LogP contribution is 2.37. The zero-order chi connectivity index (χ0) is 28.1. The minimum Gasteiger partial charge on any atom is -0.483 e. The normalized spacial score (nSPS) is 15.8. The van der Waals surface area contributed by atoms with E-state index >= 15 is 0 Å². The van der Waals surface area contributed by atoms with Crippen LogP contribution in [0, 0.1) is 23.2 Å². The van der Waals surface area contributed by atoms with Gasteiger partial charge in [0.15, 0.2) is 5.82 Å². The van der Waals surface area contributed by atoms with Crippen LogP contribution in [0.5, 0.6) is 0 Å². The quantitative estimate of drug-likeness (QED) is 0.245. The number of rotatable bonds is 4. The third-order valence-electron chi connectivity index (χ3n) is 6.51. The number of benzene rings is 2. The smallest absolute Gasteiger partial charge is 0.290 e. The summed E-state index contributed by atoms with van der Waals surface area (Å²) in [5.74, 6) is 7.26. The van der Waals surface area contributed by atoms with E-state index in [2.05, 4.69) is 32.4 Å². The zero-order valence-corrected chi connectivity index (χ0v) is 22.8. The molecule has 0 saturated carbocycles. The third kappa shape index (κ3) is 5.46. The largest absolute Gasteiger partial charge is 0.483 e. The maximum atomic E-state index is 13.4. The van der Waals surface area contributed by atoms with E-state index < -0.39 is 10.0 Å². The predicted molar refractivity (Wildman–Crippen MR) is 153 cm³/mol. The van der Waals surface area contributed by atoms with Gasteiger partial charge in [0.25, 0.3) is 16.5 Å². The molecule has 3 N–H and O–H groups in total. The van der Waals surface area contributed by atoms with E-state index in [1.807, 2.05) is 24.3 Å². The topological polar surface area (TPSA) is 148 Å². The number of nitrogens with zero attached hydrogens (tertiary/aromatic N) is 4. The average Bonchev–Trinajstić information content (AvgIpc) is 3.72. The molecule has 2 aliphatic heterocycles. The molecule has 4 aromatic rings. The molecule has 10 nitrogen and oxygen atoms in total. The molecule has 1 fully saturated rings. The molecule has 0 bridgehead atoms. The first-order chi connectivity index (χ1) is 19.4. The van der Waals surface area contributed by atoms with Crippen LogP contribution in [0.3, 0.4) is 0 Å². The second kappa shape index (κ2) is 11.7. The molecule has 1 saturated heterocycles. The van der Waals surface area contributed by atoms with Gasteiger partial charge in [0.2, 0.25) is 0 Å². The minimum atomic E-state index is -3.85. The maximum absolute atomic E-state index is 13.4. The van der Waals surface area contributed by atoms with Gasteiger partial charge in [0.1, 0.15) is 17.3 Å². The lowest BCUT2D eigenvalue weighted by molar-refractivity contribution is -0.122. The number of hydrogen-bond donors (Lipinski definition) is 3. The molecule has 1 atom stereocenters. The lowest BCUT2D eigenvalue weighted by Crippen LogP contribution is -2.29. The van der Waals surface area contributed by atoms with Crippen molar-refractivity contribution >= 4 is 55.2 Å². The number of nitrogens with one attached hydrogen (secondary N) is 2. The van der Waals surface area contributed by atoms with Crippen LogP contribution in [0.4, 0.5) is 17.2 Å². The second-order valence-corrected chi connectivity index (χ2v) is 11.9. The molecule has 0 aliphatic carbocycles. The zero-order valence-electron chi connectivity index (χ0n) is 21.2. The van der Waals surface area contributed by atoms with Crippen molar-refractivity contribution in [2.45, 2.75) is 30.2 Å². The fraction of sp³-hybridized carbons (Fsp3) is 0.214. The van der Waals surface area contributed by atoms with Crippen molar-refractivity contribution in [2.75, 3.05) is 22.7 Å². The van der Waals surface area contributed by atoms with Crippen molar-refractivity contribution in [3.63, 3.8) is 0 Å². The summed E-state index contributed by atoms with van der Waals surface area (Å²) in [6.07, 6.45) is 4.34. The Hall–Kier alpha value is -4.49. The third-order valence-corrected chi connectivity index (χ3v) is 9.43. The summed E-state index contributed by atoms with van der Waals surface area (Å²) in [6, 6.07) is 16.1. The number of hydrogen-bond acceptors (Lipinski definition) is 9. The van der Waals surface area contributed by atoms with Gasteiger partial charge in [-0.1, -0.05) is 24.0 Å². The van der Waals surface area contributed by atoms with Gasteiger partial charge in [-0.25, -0.2) is 18.4 Å². The molecule has 4 heterocycles. The van der Waals surface area contributed by atoms with Gasteiger partial charge < -0.3 is 15.7 Å². The first-order valence-corrected chi connectivity index (χ1v) is 14.7. The van der Waals surface area contributed by atoms with E-state index in [-0.39, 0.29) is 23.0 Å². The molecule has 202 valence electrons. The van der Waals surface area contributed by atoms with E-state index in [1.54, 1.807) is 29.5 Å². The summed E-state index contributed by atoms with van der Waals surface area (Å²) in [5, 5.41) is 23.0. The van der Waals surface area contributed by atoms with E-state index in [0.29, 0.717) is 24.5 Å². The van der Waals surface area contributed by atoms with E-state index in [9.17, 15) is 13.7 Å². The van der Waals surface area contributed by atoms with E-state index in [0.717, 1.165) is 45.7 Å². The van der Waals surface area contributed by atoms with Crippen molar-refractivity contribution < 1.29 is 18.3 Å². The lowest BCUT2D eigenvalue weighted by atomic mass is 10.1. The van der Waals surface area contributed by atoms with Crippen LogP contribution in [0.2, 0.25) is 0 Å². The van der Waals surface area contributed by atoms with E-state index in [1.165, 1.54) is 22.8 Å². The second-order valence-electron chi connectivity index (χ2n) is 8.97. The highest BCUT2D eigenvalue weighted by Gasteiger charge is 2.32. The number of sulfonamides is 1. The summed E-state index contributed by atoms with van der Waals surface area (Å²) in [4.78, 5) is 18.2. The number of anilines is 3. The van der Waals surface area contributed by atoms with Crippen LogP contribution in [0.15, 0.2) is 59.8 Å². The molecule has 0 spiro atoms. The molecule has 2 aromatic heterocycles. The fourth-order valence-electron chi connectivity index (χ4n) is 4.71. The maximum Gasteiger partial charge on any atom is 0.290 e. The molecule has 0 amide bonds. The molecule has 2 aromatic carbocycles. The van der Waals surface area contributed by atoms with Crippen LogP contribution < -0.4 is 14.9 Å². The Balaban J connectivity index is 0.00000103. The Morgan fingerprint density at radius 3 is 2.80 bits per heavy atom. The van der Waals surface area contributed by atoms with Crippen molar-refractivity contribution in [3.8, 4) is 17.9 Å². The summed E-state index contributed by atoms with van der Waals surface area (Å²) in [6.45, 7) is 1.09. The summed E-state index contributed by atoms with van der Waals surface area (Å²) < 4.78 is 29.0. The van der Waals surface area contributed by atoms with Gasteiger partial charge in [-0.15, -0.1) is 11.3 Å². The number of carbonyl (C=O) groups is 1. The standard InChI is InChI=1S/C27H22N6O2S2.CH2O2/c28-16-19-4-1-2-6-25(19)37(34,35)33-13-11-18-14-21(8-10-24(18)33)32-27-26-23(30-17-31-27)15-22(36-26)9-7-20-5-3-12-29-20;2-1-3/h1-2,4,6,8,10,14-15,17,20,29H,3,5,11-13H2,(H,30,31,32);1H,(H,2,3). The van der Waals surface area contributed by atoms with Crippen molar-refractivity contribution in [1.29, 1.82) is 5.26 Å². The highest BCUT2D eigenvalue weighted by atomic mass is 32.2. The summed E-state index contributed by atoms with van der Waals surface area (Å²) >= 11 is 1.55. The molecule has 1 unspecified atom stereocenters. The molecule has 2 aliphatic rings. The van der Waals surface area contributed by atoms with E-state index in [4.69, 9.17) is 9.90 Å². The molecular weight excluding hydrogens is 548 g/mol. The van der Waals surface area contributed by atoms with Crippen LogP contribution in [-0.4, -0.2) is 49.1 Å². The van der Waals surface area contributed by atoms with Crippen molar-refractivity contribution in [1.82, 2.24) is 15.3 Å². The average molecular weight is 573 g/mol. The van der Waals surface area contributed by atoms with Crippen molar-refractivity contribution in [3.05, 3.63) is 70.9 Å².